The Kier molecular flexibility index (Phi) is 3.86. The molecule has 108 valence electrons. The zero-order valence-electron chi connectivity index (χ0n) is 11.7. The Morgan fingerprint density at radius 1 is 1.29 bits per heavy atom. The molecular weight excluding hydrogens is 284 g/mol. The van der Waals surface area contributed by atoms with Gasteiger partial charge < -0.3 is 5.11 Å². The van der Waals surface area contributed by atoms with E-state index >= 15 is 0 Å². The summed E-state index contributed by atoms with van der Waals surface area (Å²) in [6.45, 7) is 2.19. The molecule has 4 nitrogen and oxygen atoms in total. The van der Waals surface area contributed by atoms with Crippen molar-refractivity contribution in [2.45, 2.75) is 19.9 Å². The van der Waals surface area contributed by atoms with E-state index in [0.29, 0.717) is 11.8 Å². The minimum Gasteiger partial charge on any atom is -0.395 e. The normalized spacial score (nSPS) is 11.1. The molecule has 0 atom stereocenters. The lowest BCUT2D eigenvalue weighted by molar-refractivity contribution is 0.272. The largest absolute Gasteiger partial charge is 0.395 e. The molecule has 0 aliphatic carbocycles. The molecule has 0 spiro atoms. The van der Waals surface area contributed by atoms with Crippen molar-refractivity contribution in [3.05, 3.63) is 51.9 Å². The summed E-state index contributed by atoms with van der Waals surface area (Å²) < 4.78 is 1.58. The van der Waals surface area contributed by atoms with Crippen LogP contribution in [-0.4, -0.2) is 21.3 Å². The molecule has 5 heteroatoms. The maximum absolute atomic E-state index is 12.8. The summed E-state index contributed by atoms with van der Waals surface area (Å²) in [6.07, 6.45) is 0.670. The van der Waals surface area contributed by atoms with Crippen LogP contribution < -0.4 is 5.56 Å². The molecule has 0 bridgehead atoms. The molecule has 0 aliphatic rings. The summed E-state index contributed by atoms with van der Waals surface area (Å²) in [4.78, 5) is 18.1. The first-order valence-corrected chi connectivity index (χ1v) is 7.81. The van der Waals surface area contributed by atoms with Gasteiger partial charge >= 0.3 is 0 Å². The van der Waals surface area contributed by atoms with Crippen LogP contribution in [0.15, 0.2) is 40.5 Å². The number of rotatable bonds is 4. The fourth-order valence-electron chi connectivity index (χ4n) is 2.50. The van der Waals surface area contributed by atoms with Crippen molar-refractivity contribution in [2.24, 2.45) is 0 Å². The second-order valence-corrected chi connectivity index (χ2v) is 5.62. The van der Waals surface area contributed by atoms with Gasteiger partial charge in [-0.25, -0.2) is 4.98 Å². The number of hydrogen-bond acceptors (Lipinski definition) is 4. The van der Waals surface area contributed by atoms with Crippen molar-refractivity contribution in [1.29, 1.82) is 0 Å². The van der Waals surface area contributed by atoms with Gasteiger partial charge in [-0.2, -0.15) is 0 Å². The Balaban J connectivity index is 2.31. The van der Waals surface area contributed by atoms with Gasteiger partial charge in [0.25, 0.3) is 5.56 Å². The van der Waals surface area contributed by atoms with Crippen molar-refractivity contribution < 1.29 is 5.11 Å². The molecule has 3 aromatic rings. The van der Waals surface area contributed by atoms with E-state index < -0.39 is 0 Å². The average molecular weight is 300 g/mol. The maximum atomic E-state index is 12.8. The summed E-state index contributed by atoms with van der Waals surface area (Å²) in [5.41, 5.74) is 1.87. The highest BCUT2D eigenvalue weighted by Crippen LogP contribution is 2.30. The Morgan fingerprint density at radius 3 is 2.71 bits per heavy atom. The highest BCUT2D eigenvalue weighted by Gasteiger charge is 2.15. The van der Waals surface area contributed by atoms with Gasteiger partial charge in [0.15, 0.2) is 0 Å². The third-order valence-electron chi connectivity index (χ3n) is 3.50. The van der Waals surface area contributed by atoms with Gasteiger partial charge in [-0.05, 0) is 5.56 Å². The zero-order valence-corrected chi connectivity index (χ0v) is 12.6. The number of nitrogens with zero attached hydrogens (tertiary/aromatic N) is 2. The van der Waals surface area contributed by atoms with Gasteiger partial charge in [0.2, 0.25) is 0 Å². The lowest BCUT2D eigenvalue weighted by atomic mass is 10.1. The fraction of sp³-hybridized carbons (Fsp3) is 0.250. The molecule has 3 rings (SSSR count). The Bertz CT molecular complexity index is 821. The lowest BCUT2D eigenvalue weighted by Gasteiger charge is -2.10. The van der Waals surface area contributed by atoms with Crippen molar-refractivity contribution >= 4 is 21.6 Å². The monoisotopic (exact) mass is 300 g/mol. The first-order valence-electron chi connectivity index (χ1n) is 6.93. The number of aryl methyl sites for hydroxylation is 1. The van der Waals surface area contributed by atoms with Gasteiger partial charge in [-0.15, -0.1) is 11.3 Å². The molecule has 21 heavy (non-hydrogen) atoms. The quantitative estimate of drug-likeness (QED) is 0.806. The molecule has 0 fully saturated rings. The number of aliphatic hydroxyl groups is 1. The van der Waals surface area contributed by atoms with Crippen molar-refractivity contribution in [3.8, 4) is 11.1 Å². The molecule has 1 N–H and O–H groups in total. The van der Waals surface area contributed by atoms with E-state index in [4.69, 9.17) is 0 Å². The standard InChI is InChI=1S/C16H16N2O2S/c1-2-13-17-15-14(16(20)18(13)8-9-19)12(10-21-15)11-6-4-3-5-7-11/h3-7,10,19H,2,8-9H2,1H3. The number of hydrogen-bond donors (Lipinski definition) is 1. The maximum Gasteiger partial charge on any atom is 0.262 e. The van der Waals surface area contributed by atoms with E-state index in [1.807, 2.05) is 42.6 Å². The second-order valence-electron chi connectivity index (χ2n) is 4.76. The van der Waals surface area contributed by atoms with Crippen molar-refractivity contribution in [2.75, 3.05) is 6.61 Å². The van der Waals surface area contributed by atoms with E-state index in [9.17, 15) is 9.90 Å². The van der Waals surface area contributed by atoms with E-state index in [-0.39, 0.29) is 18.7 Å². The van der Waals surface area contributed by atoms with Crippen LogP contribution in [-0.2, 0) is 13.0 Å². The highest BCUT2D eigenvalue weighted by molar-refractivity contribution is 7.17. The Morgan fingerprint density at radius 2 is 2.05 bits per heavy atom. The summed E-state index contributed by atoms with van der Waals surface area (Å²) in [5, 5.41) is 11.8. The Hall–Kier alpha value is -1.98. The van der Waals surface area contributed by atoms with Gasteiger partial charge in [-0.3, -0.25) is 9.36 Å². The number of benzene rings is 1. The van der Waals surface area contributed by atoms with Crippen LogP contribution in [0.1, 0.15) is 12.7 Å². The third kappa shape index (κ3) is 2.39. The average Bonchev–Trinajstić information content (AvgIpc) is 2.95. The Labute approximate surface area is 126 Å². The first kappa shape index (κ1) is 14.0. The molecule has 2 aromatic heterocycles. The van der Waals surface area contributed by atoms with E-state index in [2.05, 4.69) is 4.98 Å². The van der Waals surface area contributed by atoms with E-state index in [1.165, 1.54) is 11.3 Å². The SMILES string of the molecule is CCc1nc2scc(-c3ccccc3)c2c(=O)n1CCO. The first-order chi connectivity index (χ1) is 10.3. The minimum absolute atomic E-state index is 0.0639. The predicted octanol–water partition coefficient (Wildman–Crippen LogP) is 2.68. The van der Waals surface area contributed by atoms with Crippen LogP contribution in [0.25, 0.3) is 21.3 Å². The number of thiophene rings is 1. The molecular formula is C16H16N2O2S. The number of aliphatic hydroxyl groups excluding tert-OH is 1. The smallest absolute Gasteiger partial charge is 0.262 e. The zero-order chi connectivity index (χ0) is 14.8. The van der Waals surface area contributed by atoms with Gasteiger partial charge in [0.05, 0.1) is 18.5 Å². The van der Waals surface area contributed by atoms with Crippen LogP contribution in [0.4, 0.5) is 0 Å². The molecule has 0 radical (unpaired) electrons. The van der Waals surface area contributed by atoms with Gasteiger partial charge in [0.1, 0.15) is 10.7 Å². The number of fused-ring (bicyclic) bond motifs is 1. The van der Waals surface area contributed by atoms with Crippen LogP contribution in [0.5, 0.6) is 0 Å². The third-order valence-corrected chi connectivity index (χ3v) is 4.37. The molecule has 2 heterocycles. The number of aromatic nitrogens is 2. The predicted molar refractivity (Wildman–Crippen MR) is 85.8 cm³/mol. The molecule has 1 aromatic carbocycles. The summed E-state index contributed by atoms with van der Waals surface area (Å²) in [5.74, 6) is 0.725. The highest BCUT2D eigenvalue weighted by atomic mass is 32.1. The second kappa shape index (κ2) is 5.79. The van der Waals surface area contributed by atoms with Crippen LogP contribution in [0.3, 0.4) is 0 Å². The van der Waals surface area contributed by atoms with Gasteiger partial charge in [0, 0.05) is 17.4 Å². The molecule has 0 unspecified atom stereocenters. The van der Waals surface area contributed by atoms with Gasteiger partial charge in [-0.1, -0.05) is 37.3 Å². The molecule has 0 saturated carbocycles. The summed E-state index contributed by atoms with van der Waals surface area (Å²) in [6, 6.07) is 9.85. The van der Waals surface area contributed by atoms with E-state index in [0.717, 1.165) is 21.8 Å². The van der Waals surface area contributed by atoms with Crippen molar-refractivity contribution in [1.82, 2.24) is 9.55 Å². The molecule has 0 saturated heterocycles. The van der Waals surface area contributed by atoms with Crippen LogP contribution >= 0.6 is 11.3 Å². The molecule has 0 aliphatic heterocycles. The van der Waals surface area contributed by atoms with Crippen LogP contribution in [0.2, 0.25) is 0 Å². The lowest BCUT2D eigenvalue weighted by Crippen LogP contribution is -2.26. The molecule has 0 amide bonds. The summed E-state index contributed by atoms with van der Waals surface area (Å²) in [7, 11) is 0. The minimum atomic E-state index is -0.0646. The van der Waals surface area contributed by atoms with Crippen LogP contribution in [0, 0.1) is 0 Å². The fourth-order valence-corrected chi connectivity index (χ4v) is 3.45. The van der Waals surface area contributed by atoms with Crippen molar-refractivity contribution in [3.63, 3.8) is 0 Å². The van der Waals surface area contributed by atoms with E-state index in [1.54, 1.807) is 4.57 Å². The summed E-state index contributed by atoms with van der Waals surface area (Å²) >= 11 is 1.49. The topological polar surface area (TPSA) is 55.1 Å².